The summed E-state index contributed by atoms with van der Waals surface area (Å²) in [7, 11) is 0. The zero-order chi connectivity index (χ0) is 14.7. The van der Waals surface area contributed by atoms with Crippen LogP contribution in [0.5, 0.6) is 0 Å². The van der Waals surface area contributed by atoms with E-state index in [4.69, 9.17) is 14.7 Å². The summed E-state index contributed by atoms with van der Waals surface area (Å²) in [5, 5.41) is 3.39. The highest BCUT2D eigenvalue weighted by molar-refractivity contribution is 5.48. The first kappa shape index (κ1) is 15.2. The van der Waals surface area contributed by atoms with E-state index in [2.05, 4.69) is 33.0 Å². The molecule has 1 aliphatic rings. The van der Waals surface area contributed by atoms with E-state index in [9.17, 15) is 0 Å². The summed E-state index contributed by atoms with van der Waals surface area (Å²) in [6, 6.07) is 0. The number of nitrogens with zero attached hydrogens (tertiary/aromatic N) is 2. The van der Waals surface area contributed by atoms with Gasteiger partial charge in [0.25, 0.3) is 0 Å². The molecule has 4 heteroatoms. The average molecular weight is 277 g/mol. The van der Waals surface area contributed by atoms with Crippen molar-refractivity contribution in [3.63, 3.8) is 0 Å². The molecule has 1 saturated carbocycles. The minimum absolute atomic E-state index is 0.0670. The Hall–Kier alpha value is -1.16. The fourth-order valence-electron chi connectivity index (χ4n) is 2.72. The molecule has 0 radical (unpaired) electrons. The van der Waals surface area contributed by atoms with E-state index >= 15 is 0 Å². The van der Waals surface area contributed by atoms with Gasteiger partial charge in [0, 0.05) is 24.4 Å². The summed E-state index contributed by atoms with van der Waals surface area (Å²) in [5.74, 6) is 2.86. The predicted octanol–water partition coefficient (Wildman–Crippen LogP) is 3.83. The van der Waals surface area contributed by atoms with Crippen LogP contribution in [0.2, 0.25) is 0 Å². The summed E-state index contributed by atoms with van der Waals surface area (Å²) in [5.41, 5.74) is 2.30. The first-order valence-electron chi connectivity index (χ1n) is 7.82. The van der Waals surface area contributed by atoms with Gasteiger partial charge >= 0.3 is 0 Å². The molecule has 112 valence electrons. The van der Waals surface area contributed by atoms with Crippen LogP contribution in [0.15, 0.2) is 0 Å². The monoisotopic (exact) mass is 277 g/mol. The fourth-order valence-corrected chi connectivity index (χ4v) is 2.72. The Labute approximate surface area is 122 Å². The van der Waals surface area contributed by atoms with Crippen molar-refractivity contribution < 1.29 is 4.74 Å². The van der Waals surface area contributed by atoms with Crippen molar-refractivity contribution in [3.8, 4) is 0 Å². The number of hydrogen-bond donors (Lipinski definition) is 1. The van der Waals surface area contributed by atoms with Crippen LogP contribution >= 0.6 is 0 Å². The SMILES string of the molecule is CCNc1nc(C(OCC)C2CC2)nc(C)c1C(C)C. The van der Waals surface area contributed by atoms with Crippen molar-refractivity contribution in [1.29, 1.82) is 0 Å². The summed E-state index contributed by atoms with van der Waals surface area (Å²) < 4.78 is 5.89. The molecule has 1 aromatic heterocycles. The zero-order valence-electron chi connectivity index (χ0n) is 13.4. The highest BCUT2D eigenvalue weighted by Gasteiger charge is 2.35. The normalized spacial score (nSPS) is 16.5. The third kappa shape index (κ3) is 3.29. The second kappa shape index (κ2) is 6.53. The molecular weight excluding hydrogens is 250 g/mol. The topological polar surface area (TPSA) is 47.0 Å². The van der Waals surface area contributed by atoms with Crippen molar-refractivity contribution in [2.24, 2.45) is 5.92 Å². The van der Waals surface area contributed by atoms with Gasteiger partial charge in [-0.25, -0.2) is 9.97 Å². The Morgan fingerprint density at radius 2 is 1.95 bits per heavy atom. The number of ether oxygens (including phenoxy) is 1. The van der Waals surface area contributed by atoms with E-state index in [0.29, 0.717) is 18.4 Å². The Morgan fingerprint density at radius 1 is 1.25 bits per heavy atom. The van der Waals surface area contributed by atoms with Gasteiger partial charge in [0.15, 0.2) is 5.82 Å². The fraction of sp³-hybridized carbons (Fsp3) is 0.750. The molecule has 0 amide bonds. The van der Waals surface area contributed by atoms with Gasteiger partial charge in [0.2, 0.25) is 0 Å². The van der Waals surface area contributed by atoms with Crippen molar-refractivity contribution in [2.75, 3.05) is 18.5 Å². The van der Waals surface area contributed by atoms with Crippen molar-refractivity contribution in [2.45, 2.75) is 59.5 Å². The van der Waals surface area contributed by atoms with E-state index in [-0.39, 0.29) is 6.10 Å². The Morgan fingerprint density at radius 3 is 2.45 bits per heavy atom. The van der Waals surface area contributed by atoms with Gasteiger partial charge in [-0.05, 0) is 45.4 Å². The standard InChI is InChI=1S/C16H27N3O/c1-6-17-15-13(10(3)4)11(5)18-16(19-15)14(20-7-2)12-8-9-12/h10,12,14H,6-9H2,1-5H3,(H,17,18,19). The molecular formula is C16H27N3O. The lowest BCUT2D eigenvalue weighted by Gasteiger charge is -2.20. The molecule has 1 heterocycles. The third-order valence-corrected chi connectivity index (χ3v) is 3.73. The van der Waals surface area contributed by atoms with E-state index in [1.807, 2.05) is 6.92 Å². The minimum Gasteiger partial charge on any atom is -0.370 e. The number of rotatable bonds is 7. The van der Waals surface area contributed by atoms with Gasteiger partial charge in [0.1, 0.15) is 11.9 Å². The maximum atomic E-state index is 5.89. The van der Waals surface area contributed by atoms with E-state index < -0.39 is 0 Å². The molecule has 2 rings (SSSR count). The smallest absolute Gasteiger partial charge is 0.160 e. The van der Waals surface area contributed by atoms with Gasteiger partial charge in [0.05, 0.1) is 0 Å². The summed E-state index contributed by atoms with van der Waals surface area (Å²) in [4.78, 5) is 9.52. The summed E-state index contributed by atoms with van der Waals surface area (Å²) in [6.45, 7) is 12.2. The van der Waals surface area contributed by atoms with E-state index in [0.717, 1.165) is 23.9 Å². The van der Waals surface area contributed by atoms with E-state index in [1.54, 1.807) is 0 Å². The Balaban J connectivity index is 2.38. The second-order valence-electron chi connectivity index (χ2n) is 5.83. The number of aromatic nitrogens is 2. The molecule has 0 bridgehead atoms. The minimum atomic E-state index is 0.0670. The van der Waals surface area contributed by atoms with Crippen LogP contribution in [0.3, 0.4) is 0 Å². The largest absolute Gasteiger partial charge is 0.370 e. The number of anilines is 1. The van der Waals surface area contributed by atoms with Gasteiger partial charge in [-0.2, -0.15) is 0 Å². The number of aryl methyl sites for hydroxylation is 1. The molecule has 0 aliphatic heterocycles. The lowest BCUT2D eigenvalue weighted by atomic mass is 10.0. The van der Waals surface area contributed by atoms with E-state index in [1.165, 1.54) is 18.4 Å². The average Bonchev–Trinajstić information content (AvgIpc) is 3.19. The maximum absolute atomic E-state index is 5.89. The van der Waals surface area contributed by atoms with Crippen molar-refractivity contribution >= 4 is 5.82 Å². The zero-order valence-corrected chi connectivity index (χ0v) is 13.4. The van der Waals surface area contributed by atoms with Gasteiger partial charge in [-0.3, -0.25) is 0 Å². The van der Waals surface area contributed by atoms with Crippen LogP contribution in [0, 0.1) is 12.8 Å². The molecule has 1 N–H and O–H groups in total. The van der Waals surface area contributed by atoms with Crippen LogP contribution in [-0.2, 0) is 4.74 Å². The lowest BCUT2D eigenvalue weighted by Crippen LogP contribution is -2.16. The van der Waals surface area contributed by atoms with Crippen LogP contribution in [0.4, 0.5) is 5.82 Å². The Bertz CT molecular complexity index is 455. The number of nitrogens with one attached hydrogen (secondary N) is 1. The van der Waals surface area contributed by atoms with Crippen molar-refractivity contribution in [3.05, 3.63) is 17.1 Å². The highest BCUT2D eigenvalue weighted by atomic mass is 16.5. The van der Waals surface area contributed by atoms with Gasteiger partial charge in [-0.1, -0.05) is 13.8 Å². The number of hydrogen-bond acceptors (Lipinski definition) is 4. The second-order valence-corrected chi connectivity index (χ2v) is 5.83. The first-order chi connectivity index (χ1) is 9.58. The lowest BCUT2D eigenvalue weighted by molar-refractivity contribution is 0.0400. The molecule has 20 heavy (non-hydrogen) atoms. The van der Waals surface area contributed by atoms with Gasteiger partial charge < -0.3 is 10.1 Å². The summed E-state index contributed by atoms with van der Waals surface area (Å²) in [6.07, 6.45) is 2.53. The van der Waals surface area contributed by atoms with Crippen LogP contribution in [0.25, 0.3) is 0 Å². The molecule has 1 unspecified atom stereocenters. The Kier molecular flexibility index (Phi) is 4.97. The summed E-state index contributed by atoms with van der Waals surface area (Å²) >= 11 is 0. The molecule has 1 aliphatic carbocycles. The maximum Gasteiger partial charge on any atom is 0.160 e. The molecule has 0 aromatic carbocycles. The third-order valence-electron chi connectivity index (χ3n) is 3.73. The molecule has 1 atom stereocenters. The quantitative estimate of drug-likeness (QED) is 0.823. The van der Waals surface area contributed by atoms with Crippen LogP contribution in [-0.4, -0.2) is 23.1 Å². The predicted molar refractivity (Wildman–Crippen MR) is 82.1 cm³/mol. The van der Waals surface area contributed by atoms with Crippen molar-refractivity contribution in [1.82, 2.24) is 9.97 Å². The molecule has 0 spiro atoms. The first-order valence-corrected chi connectivity index (χ1v) is 7.82. The molecule has 1 fully saturated rings. The highest BCUT2D eigenvalue weighted by Crippen LogP contribution is 2.43. The van der Waals surface area contributed by atoms with Gasteiger partial charge in [-0.15, -0.1) is 0 Å². The van der Waals surface area contributed by atoms with Crippen LogP contribution < -0.4 is 5.32 Å². The molecule has 1 aromatic rings. The van der Waals surface area contributed by atoms with Crippen LogP contribution in [0.1, 0.15) is 69.6 Å². The molecule has 0 saturated heterocycles. The molecule has 4 nitrogen and oxygen atoms in total.